The lowest BCUT2D eigenvalue weighted by molar-refractivity contribution is -0.385. The second-order valence-electron chi connectivity index (χ2n) is 11.3. The van der Waals surface area contributed by atoms with Crippen LogP contribution < -0.4 is 0 Å². The third kappa shape index (κ3) is 13.6. The molecule has 0 aliphatic carbocycles. The van der Waals surface area contributed by atoms with Gasteiger partial charge in [-0.2, -0.15) is 0 Å². The first-order valence-corrected chi connectivity index (χ1v) is 15.3. The quantitative estimate of drug-likeness (QED) is 0.0787. The molecule has 0 aliphatic heterocycles. The van der Waals surface area contributed by atoms with E-state index in [0.29, 0.717) is 5.75 Å². The number of carbonyl (C=O) groups excluding carboxylic acids is 2. The van der Waals surface area contributed by atoms with Crippen LogP contribution in [0.25, 0.3) is 0 Å². The van der Waals surface area contributed by atoms with Crippen molar-refractivity contribution in [2.75, 3.05) is 7.11 Å². The summed E-state index contributed by atoms with van der Waals surface area (Å²) in [5.74, 6) is -1.21. The van der Waals surface area contributed by atoms with Crippen molar-refractivity contribution in [1.29, 1.82) is 0 Å². The molecule has 50 heavy (non-hydrogen) atoms. The maximum Gasteiger partial charge on any atom is 0.342 e. The van der Waals surface area contributed by atoms with E-state index < -0.39 is 16.9 Å². The fraction of sp³-hybridized carbons (Fsp3) is 0.158. The maximum atomic E-state index is 11.7. The van der Waals surface area contributed by atoms with E-state index in [2.05, 4.69) is 25.5 Å². The van der Waals surface area contributed by atoms with E-state index in [4.69, 9.17) is 31.7 Å². The number of carbonyl (C=O) groups is 2. The molecule has 0 fully saturated rings. The lowest BCUT2D eigenvalue weighted by Gasteiger charge is -2.18. The smallest absolute Gasteiger partial charge is 0.342 e. The van der Waals surface area contributed by atoms with Crippen LogP contribution in [0, 0.1) is 10.1 Å². The van der Waals surface area contributed by atoms with E-state index in [0.717, 1.165) is 11.6 Å². The Labute approximate surface area is 294 Å². The topological polar surface area (TPSA) is 177 Å². The number of benzene rings is 5. The van der Waals surface area contributed by atoms with Gasteiger partial charge in [0, 0.05) is 11.1 Å². The number of nitro groups is 1. The molecule has 0 atom stereocenters. The van der Waals surface area contributed by atoms with Crippen LogP contribution in [-0.4, -0.2) is 44.4 Å². The van der Waals surface area contributed by atoms with Crippen LogP contribution in [0.4, 0.5) is 5.69 Å². The van der Waals surface area contributed by atoms with Crippen molar-refractivity contribution in [3.8, 4) is 23.0 Å². The number of esters is 2. The first-order chi connectivity index (χ1) is 23.6. The number of nitro benzene ring substituents is 1. The summed E-state index contributed by atoms with van der Waals surface area (Å²) in [5.41, 5.74) is 2.33. The van der Waals surface area contributed by atoms with Gasteiger partial charge >= 0.3 is 17.6 Å². The van der Waals surface area contributed by atoms with Gasteiger partial charge in [0.15, 0.2) is 5.75 Å². The minimum absolute atomic E-state index is 0.0562. The zero-order chi connectivity index (χ0) is 37.3. The van der Waals surface area contributed by atoms with Gasteiger partial charge in [-0.1, -0.05) is 99.1 Å². The van der Waals surface area contributed by atoms with Crippen LogP contribution in [0.1, 0.15) is 52.6 Å². The highest BCUT2D eigenvalue weighted by Crippen LogP contribution is 2.28. The molecule has 0 spiro atoms. The van der Waals surface area contributed by atoms with Crippen molar-refractivity contribution >= 4 is 29.2 Å². The number of rotatable bonds is 5. The van der Waals surface area contributed by atoms with Crippen molar-refractivity contribution in [1.82, 2.24) is 0 Å². The van der Waals surface area contributed by atoms with Gasteiger partial charge < -0.3 is 29.9 Å². The number of hydrogen-bond donors (Lipinski definition) is 4. The molecular weight excluding hydrogens is 666 g/mol. The Bertz CT molecular complexity index is 1840. The van der Waals surface area contributed by atoms with Crippen LogP contribution in [0.15, 0.2) is 121 Å². The van der Waals surface area contributed by atoms with Crippen LogP contribution in [0.3, 0.4) is 0 Å². The fourth-order valence-corrected chi connectivity index (χ4v) is 3.97. The summed E-state index contributed by atoms with van der Waals surface area (Å²) in [7, 11) is 1.27. The van der Waals surface area contributed by atoms with Crippen molar-refractivity contribution in [2.24, 2.45) is 0 Å². The van der Waals surface area contributed by atoms with Crippen molar-refractivity contribution in [2.45, 2.75) is 32.8 Å². The molecule has 5 aromatic carbocycles. The van der Waals surface area contributed by atoms with E-state index in [1.165, 1.54) is 49.1 Å². The zero-order valence-corrected chi connectivity index (χ0v) is 28.6. The molecule has 5 rings (SSSR count). The summed E-state index contributed by atoms with van der Waals surface area (Å²) >= 11 is 5.45. The molecular formula is C38H38ClNO10. The highest BCUT2D eigenvalue weighted by molar-refractivity contribution is 6.30. The Morgan fingerprint density at radius 3 is 1.66 bits per heavy atom. The van der Waals surface area contributed by atoms with E-state index in [9.17, 15) is 24.8 Å². The third-order valence-electron chi connectivity index (χ3n) is 6.51. The van der Waals surface area contributed by atoms with Crippen LogP contribution >= 0.6 is 11.6 Å². The number of aromatic hydroxyl groups is 4. The molecule has 0 unspecified atom stereocenters. The average molecular weight is 704 g/mol. The van der Waals surface area contributed by atoms with Crippen molar-refractivity contribution < 1.29 is 44.4 Å². The van der Waals surface area contributed by atoms with Crippen LogP contribution in [0.5, 0.6) is 23.0 Å². The summed E-state index contributed by atoms with van der Waals surface area (Å²) in [6, 6.07) is 33.0. The average Bonchev–Trinajstić information content (AvgIpc) is 3.09. The Balaban J connectivity index is 0.000000237. The molecule has 4 N–H and O–H groups in total. The molecule has 0 heterocycles. The lowest BCUT2D eigenvalue weighted by atomic mass is 9.87. The highest BCUT2D eigenvalue weighted by atomic mass is 35.5. The number of halogens is 1. The normalized spacial score (nSPS) is 10.0. The van der Waals surface area contributed by atoms with Gasteiger partial charge in [-0.05, 0) is 65.1 Å². The Hall–Kier alpha value is -6.07. The number of phenolic OH excluding ortho intramolecular Hbond substituents is 4. The molecule has 0 saturated heterocycles. The third-order valence-corrected chi connectivity index (χ3v) is 6.75. The molecule has 12 heteroatoms. The van der Waals surface area contributed by atoms with Gasteiger partial charge in [0.1, 0.15) is 35.0 Å². The maximum absolute atomic E-state index is 11.7. The number of ether oxygens (including phenoxy) is 2. The number of phenols is 4. The highest BCUT2D eigenvalue weighted by Gasteiger charge is 2.14. The molecule has 0 aliphatic rings. The Morgan fingerprint density at radius 1 is 0.700 bits per heavy atom. The fourth-order valence-electron chi connectivity index (χ4n) is 3.81. The van der Waals surface area contributed by atoms with E-state index >= 15 is 0 Å². The van der Waals surface area contributed by atoms with Gasteiger partial charge in [0.25, 0.3) is 0 Å². The standard InChI is InChI=1S/C14H12O3.C10H14O.C8H8O3.C6H4ClNO3/c15-13-9-5-4-8-12(13)14(16)17-10-11-6-2-1-3-7-11;1-10(2,3)8-4-6-9(11)7-5-8;1-11-8(10)6-4-2-3-5-7(6)9;7-4-1-2-6(9)5(3-4)8(10)11/h1-9,15H,10H2;4-7,11H,1-3H3;2-5,9H,1H3;1-3,9H. The number of para-hydroxylation sites is 2. The van der Waals surface area contributed by atoms with Crippen LogP contribution in [0.2, 0.25) is 5.02 Å². The number of hydrogen-bond acceptors (Lipinski definition) is 10. The first-order valence-electron chi connectivity index (χ1n) is 14.9. The zero-order valence-electron chi connectivity index (χ0n) is 27.8. The second-order valence-corrected chi connectivity index (χ2v) is 11.7. The molecule has 11 nitrogen and oxygen atoms in total. The molecule has 0 amide bonds. The van der Waals surface area contributed by atoms with Gasteiger partial charge in [0.2, 0.25) is 0 Å². The van der Waals surface area contributed by atoms with E-state index in [1.54, 1.807) is 36.4 Å². The van der Waals surface area contributed by atoms with Crippen molar-refractivity contribution in [3.05, 3.63) is 159 Å². The molecule has 0 aromatic heterocycles. The van der Waals surface area contributed by atoms with E-state index in [-0.39, 0.29) is 51.1 Å². The molecule has 262 valence electrons. The molecule has 5 aromatic rings. The summed E-state index contributed by atoms with van der Waals surface area (Å²) in [6.07, 6.45) is 0. The van der Waals surface area contributed by atoms with Gasteiger partial charge in [-0.15, -0.1) is 0 Å². The predicted octanol–water partition coefficient (Wildman–Crippen LogP) is 8.57. The lowest BCUT2D eigenvalue weighted by Crippen LogP contribution is -2.10. The number of methoxy groups -OCH3 is 1. The summed E-state index contributed by atoms with van der Waals surface area (Å²) < 4.78 is 9.51. The monoisotopic (exact) mass is 703 g/mol. The Kier molecular flexibility index (Phi) is 15.8. The molecule has 0 bridgehead atoms. The van der Waals surface area contributed by atoms with Crippen LogP contribution in [-0.2, 0) is 21.5 Å². The first kappa shape index (κ1) is 40.1. The van der Waals surface area contributed by atoms with Crippen molar-refractivity contribution in [3.63, 3.8) is 0 Å². The second kappa shape index (κ2) is 19.7. The predicted molar refractivity (Wildman–Crippen MR) is 190 cm³/mol. The number of nitrogens with zero attached hydrogens (tertiary/aromatic N) is 1. The molecule has 0 radical (unpaired) electrons. The summed E-state index contributed by atoms with van der Waals surface area (Å²) in [6.45, 7) is 6.66. The van der Waals surface area contributed by atoms with Gasteiger partial charge in [-0.3, -0.25) is 10.1 Å². The Morgan fingerprint density at radius 2 is 1.20 bits per heavy atom. The summed E-state index contributed by atoms with van der Waals surface area (Å²) in [4.78, 5) is 32.0. The minimum Gasteiger partial charge on any atom is -0.508 e. The van der Waals surface area contributed by atoms with Gasteiger partial charge in [-0.25, -0.2) is 9.59 Å². The molecule has 0 saturated carbocycles. The largest absolute Gasteiger partial charge is 0.508 e. The summed E-state index contributed by atoms with van der Waals surface area (Å²) in [5, 5.41) is 46.9. The minimum atomic E-state index is -0.693. The van der Waals surface area contributed by atoms with E-state index in [1.807, 2.05) is 42.5 Å². The SMILES string of the molecule is CC(C)(C)c1ccc(O)cc1.COC(=O)c1ccccc1O.O=C(OCc1ccccc1)c1ccccc1O.O=[N+]([O-])c1cc(Cl)ccc1O. The van der Waals surface area contributed by atoms with Gasteiger partial charge in [0.05, 0.1) is 12.0 Å².